The van der Waals surface area contributed by atoms with Gasteiger partial charge in [0.05, 0.1) is 0 Å². The minimum absolute atomic E-state index is 0.453. The molecule has 0 N–H and O–H groups in total. The van der Waals surface area contributed by atoms with E-state index in [2.05, 4.69) is 32.6 Å². The van der Waals surface area contributed by atoms with Gasteiger partial charge in [-0.15, -0.1) is 0 Å². The first-order chi connectivity index (χ1) is 6.52. The third-order valence-corrected chi connectivity index (χ3v) is 3.13. The zero-order chi connectivity index (χ0) is 10.7. The molecule has 1 aliphatic rings. The van der Waals surface area contributed by atoms with E-state index in [1.807, 2.05) is 0 Å². The van der Waals surface area contributed by atoms with E-state index in [4.69, 9.17) is 0 Å². The van der Waals surface area contributed by atoms with Crippen molar-refractivity contribution in [1.29, 1.82) is 0 Å². The summed E-state index contributed by atoms with van der Waals surface area (Å²) in [7, 11) is 0. The molecule has 0 bridgehead atoms. The second-order valence-electron chi connectivity index (χ2n) is 4.90. The van der Waals surface area contributed by atoms with Crippen LogP contribution in [0.1, 0.15) is 53.4 Å². The van der Waals surface area contributed by atoms with E-state index in [1.54, 1.807) is 0 Å². The molecule has 1 fully saturated rings. The summed E-state index contributed by atoms with van der Waals surface area (Å²) in [4.78, 5) is 13.7. The molecule has 0 saturated heterocycles. The van der Waals surface area contributed by atoms with Gasteiger partial charge in [0.2, 0.25) is 0 Å². The standard InChI is InChI=1S/C12H23NO/c1-9(2)13(10(3)4)11-5-7-12(14)8-6-11/h9-11H,5-8H2,1-4H3. The minimum Gasteiger partial charge on any atom is -0.300 e. The molecule has 0 aliphatic heterocycles. The number of carbonyl (C=O) groups is 1. The molecule has 1 aliphatic carbocycles. The van der Waals surface area contributed by atoms with Crippen LogP contribution >= 0.6 is 0 Å². The van der Waals surface area contributed by atoms with E-state index in [0.717, 1.165) is 25.7 Å². The van der Waals surface area contributed by atoms with Gasteiger partial charge in [-0.1, -0.05) is 0 Å². The fourth-order valence-electron chi connectivity index (χ4n) is 2.66. The number of ketones is 1. The topological polar surface area (TPSA) is 20.3 Å². The van der Waals surface area contributed by atoms with Crippen molar-refractivity contribution in [2.24, 2.45) is 0 Å². The Morgan fingerprint density at radius 1 is 1.07 bits per heavy atom. The minimum atomic E-state index is 0.453. The molecular formula is C12H23NO. The normalized spacial score (nSPS) is 20.1. The summed E-state index contributed by atoms with van der Waals surface area (Å²) >= 11 is 0. The van der Waals surface area contributed by atoms with Crippen LogP contribution in [0, 0.1) is 0 Å². The van der Waals surface area contributed by atoms with Gasteiger partial charge < -0.3 is 0 Å². The lowest BCUT2D eigenvalue weighted by Gasteiger charge is -2.39. The molecule has 0 aromatic rings. The fourth-order valence-corrected chi connectivity index (χ4v) is 2.66. The Kier molecular flexibility index (Phi) is 4.11. The molecule has 2 nitrogen and oxygen atoms in total. The zero-order valence-electron chi connectivity index (χ0n) is 9.92. The van der Waals surface area contributed by atoms with Crippen molar-refractivity contribution in [2.75, 3.05) is 0 Å². The van der Waals surface area contributed by atoms with Gasteiger partial charge >= 0.3 is 0 Å². The summed E-state index contributed by atoms with van der Waals surface area (Å²) in [6.45, 7) is 8.99. The maximum atomic E-state index is 11.2. The Morgan fingerprint density at radius 2 is 1.50 bits per heavy atom. The van der Waals surface area contributed by atoms with Gasteiger partial charge in [-0.05, 0) is 40.5 Å². The van der Waals surface area contributed by atoms with E-state index in [9.17, 15) is 4.79 Å². The lowest BCUT2D eigenvalue weighted by molar-refractivity contribution is -0.121. The maximum absolute atomic E-state index is 11.2. The van der Waals surface area contributed by atoms with E-state index in [0.29, 0.717) is 23.9 Å². The van der Waals surface area contributed by atoms with E-state index in [1.165, 1.54) is 0 Å². The van der Waals surface area contributed by atoms with Crippen molar-refractivity contribution in [3.05, 3.63) is 0 Å². The second kappa shape index (κ2) is 4.92. The Balaban J connectivity index is 2.56. The monoisotopic (exact) mass is 197 g/mol. The van der Waals surface area contributed by atoms with E-state index >= 15 is 0 Å². The van der Waals surface area contributed by atoms with Crippen LogP contribution in [0.25, 0.3) is 0 Å². The quantitative estimate of drug-likeness (QED) is 0.693. The van der Waals surface area contributed by atoms with Crippen LogP contribution in [0.2, 0.25) is 0 Å². The van der Waals surface area contributed by atoms with Crippen molar-refractivity contribution >= 4 is 5.78 Å². The first-order valence-electron chi connectivity index (χ1n) is 5.81. The third kappa shape index (κ3) is 2.81. The molecule has 0 aromatic heterocycles. The van der Waals surface area contributed by atoms with Crippen LogP contribution in [0.4, 0.5) is 0 Å². The molecule has 2 heteroatoms. The number of hydrogen-bond acceptors (Lipinski definition) is 2. The second-order valence-corrected chi connectivity index (χ2v) is 4.90. The molecule has 0 amide bonds. The van der Waals surface area contributed by atoms with Crippen LogP contribution in [-0.2, 0) is 4.79 Å². The number of nitrogens with zero attached hydrogens (tertiary/aromatic N) is 1. The first-order valence-corrected chi connectivity index (χ1v) is 5.81. The number of carbonyl (C=O) groups excluding carboxylic acids is 1. The molecule has 0 spiro atoms. The largest absolute Gasteiger partial charge is 0.300 e. The summed E-state index contributed by atoms with van der Waals surface area (Å²) < 4.78 is 0. The summed E-state index contributed by atoms with van der Waals surface area (Å²) in [6, 6.07) is 1.81. The molecule has 14 heavy (non-hydrogen) atoms. The zero-order valence-corrected chi connectivity index (χ0v) is 9.92. The number of hydrogen-bond donors (Lipinski definition) is 0. The Morgan fingerprint density at radius 3 is 1.86 bits per heavy atom. The highest BCUT2D eigenvalue weighted by molar-refractivity contribution is 5.79. The van der Waals surface area contributed by atoms with E-state index in [-0.39, 0.29) is 0 Å². The van der Waals surface area contributed by atoms with Gasteiger partial charge in [0.15, 0.2) is 0 Å². The van der Waals surface area contributed by atoms with Crippen LogP contribution < -0.4 is 0 Å². The highest BCUT2D eigenvalue weighted by atomic mass is 16.1. The van der Waals surface area contributed by atoms with Gasteiger partial charge in [0.1, 0.15) is 5.78 Å². The molecule has 0 unspecified atom stereocenters. The smallest absolute Gasteiger partial charge is 0.133 e. The van der Waals surface area contributed by atoms with Crippen LogP contribution in [0.15, 0.2) is 0 Å². The maximum Gasteiger partial charge on any atom is 0.133 e. The summed E-state index contributed by atoms with van der Waals surface area (Å²) in [6.07, 6.45) is 3.71. The lowest BCUT2D eigenvalue weighted by Crippen LogP contribution is -2.46. The molecule has 0 atom stereocenters. The number of rotatable bonds is 3. The molecule has 82 valence electrons. The third-order valence-electron chi connectivity index (χ3n) is 3.13. The molecule has 0 radical (unpaired) electrons. The lowest BCUT2D eigenvalue weighted by atomic mass is 9.91. The van der Waals surface area contributed by atoms with E-state index < -0.39 is 0 Å². The van der Waals surface area contributed by atoms with Crippen LogP contribution in [-0.4, -0.2) is 28.8 Å². The van der Waals surface area contributed by atoms with Crippen LogP contribution in [0.3, 0.4) is 0 Å². The molecular weight excluding hydrogens is 174 g/mol. The highest BCUT2D eigenvalue weighted by Gasteiger charge is 2.27. The average Bonchev–Trinajstić information content (AvgIpc) is 2.07. The first kappa shape index (κ1) is 11.7. The highest BCUT2D eigenvalue weighted by Crippen LogP contribution is 2.24. The number of Topliss-reactive ketones (excluding diaryl/α,β-unsaturated/α-hetero) is 1. The summed E-state index contributed by atoms with van der Waals surface area (Å²) in [5.41, 5.74) is 0. The van der Waals surface area contributed by atoms with Gasteiger partial charge in [0, 0.05) is 31.0 Å². The van der Waals surface area contributed by atoms with Crippen molar-refractivity contribution in [3.8, 4) is 0 Å². The van der Waals surface area contributed by atoms with Crippen molar-refractivity contribution in [3.63, 3.8) is 0 Å². The summed E-state index contributed by atoms with van der Waals surface area (Å²) in [5.74, 6) is 0.453. The Bertz CT molecular complexity index is 180. The van der Waals surface area contributed by atoms with Gasteiger partial charge in [-0.3, -0.25) is 9.69 Å². The molecule has 1 saturated carbocycles. The van der Waals surface area contributed by atoms with Crippen molar-refractivity contribution in [1.82, 2.24) is 4.90 Å². The Labute approximate surface area is 87.7 Å². The molecule has 0 aromatic carbocycles. The van der Waals surface area contributed by atoms with Gasteiger partial charge in [0.25, 0.3) is 0 Å². The fraction of sp³-hybridized carbons (Fsp3) is 0.917. The van der Waals surface area contributed by atoms with Crippen molar-refractivity contribution in [2.45, 2.75) is 71.5 Å². The average molecular weight is 197 g/mol. The Hall–Kier alpha value is -0.370. The molecule has 0 heterocycles. The van der Waals surface area contributed by atoms with Gasteiger partial charge in [-0.2, -0.15) is 0 Å². The summed E-state index contributed by atoms with van der Waals surface area (Å²) in [5, 5.41) is 0. The van der Waals surface area contributed by atoms with Crippen molar-refractivity contribution < 1.29 is 4.79 Å². The SMILES string of the molecule is CC(C)N(C(C)C)C1CCC(=O)CC1. The predicted molar refractivity (Wildman–Crippen MR) is 59.4 cm³/mol. The van der Waals surface area contributed by atoms with Crippen LogP contribution in [0.5, 0.6) is 0 Å². The van der Waals surface area contributed by atoms with Gasteiger partial charge in [-0.25, -0.2) is 0 Å². The molecule has 1 rings (SSSR count). The predicted octanol–water partition coefficient (Wildman–Crippen LogP) is 2.62.